The van der Waals surface area contributed by atoms with Crippen LogP contribution in [0.15, 0.2) is 30.3 Å². The van der Waals surface area contributed by atoms with Crippen LogP contribution in [0, 0.1) is 5.92 Å². The largest absolute Gasteiger partial charge is 0.748 e. The fourth-order valence-corrected chi connectivity index (χ4v) is 3.14. The number of thiol groups is 1. The fraction of sp³-hybridized carbons (Fsp3) is 0.533. The molecule has 5 nitrogen and oxygen atoms in total. The van der Waals surface area contributed by atoms with Crippen molar-refractivity contribution in [3.8, 4) is 0 Å². The molecule has 0 spiro atoms. The molecule has 0 saturated heterocycles. The number of hydrogen-bond acceptors (Lipinski definition) is 5. The molecule has 1 amide bonds. The van der Waals surface area contributed by atoms with Crippen molar-refractivity contribution in [2.24, 2.45) is 5.92 Å². The van der Waals surface area contributed by atoms with E-state index in [1.165, 1.54) is 0 Å². The Morgan fingerprint density at radius 1 is 1.32 bits per heavy atom. The average Bonchev–Trinajstić information content (AvgIpc) is 3.29. The molecular weight excluding hydrogens is 322 g/mol. The number of amides is 1. The van der Waals surface area contributed by atoms with Gasteiger partial charge in [0, 0.05) is 18.3 Å². The average molecular weight is 342 g/mol. The number of benzene rings is 1. The summed E-state index contributed by atoms with van der Waals surface area (Å²) < 4.78 is 32.5. The first-order chi connectivity index (χ1) is 10.4. The first-order valence-corrected chi connectivity index (χ1v) is 9.50. The van der Waals surface area contributed by atoms with Gasteiger partial charge in [0.1, 0.15) is 0 Å². The summed E-state index contributed by atoms with van der Waals surface area (Å²) in [4.78, 5) is 14.2. The van der Waals surface area contributed by atoms with Crippen molar-refractivity contribution in [2.45, 2.75) is 25.3 Å². The number of hydrogen-bond donors (Lipinski definition) is 1. The summed E-state index contributed by atoms with van der Waals surface area (Å²) in [5, 5.41) is 0. The Morgan fingerprint density at radius 3 is 2.45 bits per heavy atom. The van der Waals surface area contributed by atoms with Crippen molar-refractivity contribution in [3.63, 3.8) is 0 Å². The van der Waals surface area contributed by atoms with Gasteiger partial charge in [-0.15, -0.1) is 0 Å². The molecule has 7 heteroatoms. The third-order valence-electron chi connectivity index (χ3n) is 3.75. The second kappa shape index (κ2) is 7.48. The van der Waals surface area contributed by atoms with E-state index < -0.39 is 15.9 Å². The van der Waals surface area contributed by atoms with Gasteiger partial charge in [0.2, 0.25) is 5.91 Å². The summed E-state index contributed by atoms with van der Waals surface area (Å²) in [5.41, 5.74) is 1.04. The zero-order chi connectivity index (χ0) is 16.2. The zero-order valence-electron chi connectivity index (χ0n) is 12.2. The quantitative estimate of drug-likeness (QED) is 0.571. The SMILES string of the molecule is O=C(C(CS)Cc1ccccc1)N(CCS(=O)(=O)[O-])C1CC1. The van der Waals surface area contributed by atoms with Crippen molar-refractivity contribution in [1.82, 2.24) is 4.90 Å². The van der Waals surface area contributed by atoms with E-state index in [4.69, 9.17) is 0 Å². The van der Waals surface area contributed by atoms with E-state index >= 15 is 0 Å². The highest BCUT2D eigenvalue weighted by molar-refractivity contribution is 7.85. The summed E-state index contributed by atoms with van der Waals surface area (Å²) in [6, 6.07) is 9.72. The van der Waals surface area contributed by atoms with Crippen LogP contribution in [0.2, 0.25) is 0 Å². The van der Waals surface area contributed by atoms with Gasteiger partial charge in [-0.2, -0.15) is 12.6 Å². The first kappa shape index (κ1) is 17.3. The molecule has 0 heterocycles. The molecule has 1 atom stereocenters. The van der Waals surface area contributed by atoms with Crippen LogP contribution >= 0.6 is 12.6 Å². The van der Waals surface area contributed by atoms with Crippen LogP contribution in [0.3, 0.4) is 0 Å². The van der Waals surface area contributed by atoms with Crippen molar-refractivity contribution in [1.29, 1.82) is 0 Å². The van der Waals surface area contributed by atoms with E-state index in [0.29, 0.717) is 12.2 Å². The number of carbonyl (C=O) groups is 1. The van der Waals surface area contributed by atoms with E-state index in [2.05, 4.69) is 12.6 Å². The maximum Gasteiger partial charge on any atom is 0.227 e. The molecule has 1 aliphatic rings. The van der Waals surface area contributed by atoms with Gasteiger partial charge < -0.3 is 9.45 Å². The van der Waals surface area contributed by atoms with E-state index in [9.17, 15) is 17.8 Å². The Kier molecular flexibility index (Phi) is 5.88. The molecule has 1 unspecified atom stereocenters. The van der Waals surface area contributed by atoms with E-state index in [0.717, 1.165) is 18.4 Å². The Morgan fingerprint density at radius 2 is 1.95 bits per heavy atom. The summed E-state index contributed by atoms with van der Waals surface area (Å²) in [6.07, 6.45) is 2.31. The van der Waals surface area contributed by atoms with Crippen LogP contribution in [-0.2, 0) is 21.3 Å². The van der Waals surface area contributed by atoms with E-state index in [-0.39, 0.29) is 24.4 Å². The Hall–Kier alpha value is -1.05. The van der Waals surface area contributed by atoms with E-state index in [1.54, 1.807) is 4.90 Å². The second-order valence-corrected chi connectivity index (χ2v) is 7.48. The van der Waals surface area contributed by atoms with E-state index in [1.807, 2.05) is 30.3 Å². The second-order valence-electron chi connectivity index (χ2n) is 5.59. The number of carbonyl (C=O) groups excluding carboxylic acids is 1. The van der Waals surface area contributed by atoms with Crippen molar-refractivity contribution < 1.29 is 17.8 Å². The lowest BCUT2D eigenvalue weighted by atomic mass is 9.99. The molecule has 1 saturated carbocycles. The predicted octanol–water partition coefficient (Wildman–Crippen LogP) is 1.31. The van der Waals surface area contributed by atoms with Crippen molar-refractivity contribution in [3.05, 3.63) is 35.9 Å². The highest BCUT2D eigenvalue weighted by Gasteiger charge is 2.35. The molecule has 1 aliphatic carbocycles. The molecule has 122 valence electrons. The fourth-order valence-electron chi connectivity index (χ4n) is 2.43. The van der Waals surface area contributed by atoms with Crippen LogP contribution in [0.4, 0.5) is 0 Å². The van der Waals surface area contributed by atoms with Crippen LogP contribution in [0.1, 0.15) is 18.4 Å². The highest BCUT2D eigenvalue weighted by Crippen LogP contribution is 2.29. The first-order valence-electron chi connectivity index (χ1n) is 7.29. The van der Waals surface area contributed by atoms with Gasteiger partial charge >= 0.3 is 0 Å². The maximum absolute atomic E-state index is 12.7. The molecule has 1 aromatic rings. The third kappa shape index (κ3) is 5.30. The van der Waals surface area contributed by atoms with Gasteiger partial charge in [-0.1, -0.05) is 30.3 Å². The van der Waals surface area contributed by atoms with Crippen molar-refractivity contribution >= 4 is 28.7 Å². The van der Waals surface area contributed by atoms with Crippen LogP contribution in [0.25, 0.3) is 0 Å². The lowest BCUT2D eigenvalue weighted by Crippen LogP contribution is -2.42. The smallest absolute Gasteiger partial charge is 0.227 e. The minimum atomic E-state index is -4.31. The molecule has 0 aromatic heterocycles. The number of nitrogens with zero attached hydrogens (tertiary/aromatic N) is 1. The van der Waals surface area contributed by atoms with Gasteiger partial charge in [0.05, 0.1) is 21.8 Å². The molecule has 0 aliphatic heterocycles. The Bertz CT molecular complexity index is 599. The van der Waals surface area contributed by atoms with Gasteiger partial charge in [0.25, 0.3) is 0 Å². The number of rotatable bonds is 8. The molecule has 1 fully saturated rings. The Labute approximate surface area is 136 Å². The molecule has 0 bridgehead atoms. The van der Waals surface area contributed by atoms with Gasteiger partial charge in [0.15, 0.2) is 0 Å². The summed E-state index contributed by atoms with van der Waals surface area (Å²) in [7, 11) is -4.31. The van der Waals surface area contributed by atoms with Gasteiger partial charge in [-0.3, -0.25) is 4.79 Å². The standard InChI is InChI=1S/C15H21NO4S2/c17-15(13(11-21)10-12-4-2-1-3-5-12)16(14-6-7-14)8-9-22(18,19)20/h1-5,13-14,21H,6-11H2,(H,18,19,20)/p-1. The maximum atomic E-state index is 12.7. The molecule has 1 aromatic carbocycles. The minimum Gasteiger partial charge on any atom is -0.748 e. The van der Waals surface area contributed by atoms with Crippen LogP contribution in [-0.4, -0.2) is 47.9 Å². The Balaban J connectivity index is 2.03. The predicted molar refractivity (Wildman–Crippen MR) is 86.8 cm³/mol. The van der Waals surface area contributed by atoms with Crippen LogP contribution < -0.4 is 0 Å². The van der Waals surface area contributed by atoms with Crippen LogP contribution in [0.5, 0.6) is 0 Å². The lowest BCUT2D eigenvalue weighted by molar-refractivity contribution is -0.135. The molecular formula is C15H20NO4S2-. The topological polar surface area (TPSA) is 77.5 Å². The zero-order valence-corrected chi connectivity index (χ0v) is 13.9. The molecule has 22 heavy (non-hydrogen) atoms. The highest BCUT2D eigenvalue weighted by atomic mass is 32.2. The third-order valence-corrected chi connectivity index (χ3v) is 4.87. The van der Waals surface area contributed by atoms with Gasteiger partial charge in [-0.25, -0.2) is 8.42 Å². The molecule has 0 radical (unpaired) electrons. The monoisotopic (exact) mass is 342 g/mol. The summed E-state index contributed by atoms with van der Waals surface area (Å²) in [6.45, 7) is -0.0194. The van der Waals surface area contributed by atoms with Gasteiger partial charge in [-0.05, 0) is 24.8 Å². The summed E-state index contributed by atoms with van der Waals surface area (Å²) >= 11 is 4.27. The minimum absolute atomic E-state index is 0.0194. The molecule has 0 N–H and O–H groups in total. The summed E-state index contributed by atoms with van der Waals surface area (Å²) in [5.74, 6) is -0.549. The molecule has 2 rings (SSSR count). The lowest BCUT2D eigenvalue weighted by Gasteiger charge is -2.27. The van der Waals surface area contributed by atoms with Crippen molar-refractivity contribution in [2.75, 3.05) is 18.1 Å². The normalized spacial score (nSPS) is 16.3.